The minimum atomic E-state index is -0.539. The second kappa shape index (κ2) is 9.09. The Balaban J connectivity index is 2.62. The van der Waals surface area contributed by atoms with Crippen LogP contribution in [0.25, 0.3) is 0 Å². The molecule has 0 spiro atoms. The van der Waals surface area contributed by atoms with Gasteiger partial charge in [-0.1, -0.05) is 38.8 Å². The summed E-state index contributed by atoms with van der Waals surface area (Å²) in [6.45, 7) is 8.76. The highest BCUT2D eigenvalue weighted by molar-refractivity contribution is 5.25. The molecule has 0 bridgehead atoms. The molecule has 0 aromatic heterocycles. The average molecular weight is 281 g/mol. The maximum absolute atomic E-state index is 13.3. The van der Waals surface area contributed by atoms with Gasteiger partial charge in [0.05, 0.1) is 6.10 Å². The topological polar surface area (TPSA) is 23.5 Å². The Morgan fingerprint density at radius 2 is 1.75 bits per heavy atom. The van der Waals surface area contributed by atoms with E-state index in [0.29, 0.717) is 12.1 Å². The average Bonchev–Trinajstić information content (AvgIpc) is 2.44. The maximum atomic E-state index is 13.3. The molecule has 1 atom stereocenters. The van der Waals surface area contributed by atoms with Gasteiger partial charge in [0.15, 0.2) is 0 Å². The predicted octanol–water partition coefficient (Wildman–Crippen LogP) is 4.07. The van der Waals surface area contributed by atoms with Crippen molar-refractivity contribution in [1.82, 2.24) is 4.90 Å². The lowest BCUT2D eigenvalue weighted by molar-refractivity contribution is 0.111. The van der Waals surface area contributed by atoms with Crippen LogP contribution in [0, 0.1) is 12.7 Å². The third kappa shape index (κ3) is 5.59. The number of aryl methyl sites for hydroxylation is 1. The fourth-order valence-corrected chi connectivity index (χ4v) is 2.28. The summed E-state index contributed by atoms with van der Waals surface area (Å²) in [7, 11) is 0. The van der Waals surface area contributed by atoms with E-state index in [1.165, 1.54) is 6.07 Å². The summed E-state index contributed by atoms with van der Waals surface area (Å²) in [5.41, 5.74) is 1.40. The minimum absolute atomic E-state index is 0.213. The van der Waals surface area contributed by atoms with Gasteiger partial charge < -0.3 is 10.0 Å². The van der Waals surface area contributed by atoms with Crippen LogP contribution in [-0.4, -0.2) is 29.6 Å². The zero-order chi connectivity index (χ0) is 15.0. The number of rotatable bonds is 9. The predicted molar refractivity (Wildman–Crippen MR) is 82.4 cm³/mol. The van der Waals surface area contributed by atoms with Crippen molar-refractivity contribution in [2.24, 2.45) is 0 Å². The van der Waals surface area contributed by atoms with Crippen molar-refractivity contribution in [2.75, 3.05) is 19.6 Å². The van der Waals surface area contributed by atoms with Gasteiger partial charge in [-0.25, -0.2) is 4.39 Å². The minimum Gasteiger partial charge on any atom is -0.387 e. The van der Waals surface area contributed by atoms with Gasteiger partial charge in [0.25, 0.3) is 0 Å². The third-order valence-electron chi connectivity index (χ3n) is 3.65. The quantitative estimate of drug-likeness (QED) is 0.737. The molecule has 1 unspecified atom stereocenters. The van der Waals surface area contributed by atoms with E-state index in [4.69, 9.17) is 0 Å². The van der Waals surface area contributed by atoms with Crippen molar-refractivity contribution in [3.8, 4) is 0 Å². The largest absolute Gasteiger partial charge is 0.387 e. The van der Waals surface area contributed by atoms with Crippen LogP contribution >= 0.6 is 0 Å². The van der Waals surface area contributed by atoms with E-state index in [1.54, 1.807) is 19.1 Å². The van der Waals surface area contributed by atoms with Gasteiger partial charge in [-0.05, 0) is 50.0 Å². The SMILES string of the molecule is CCCCN(CCCC)CC(O)c1ccc(F)c(C)c1. The first-order valence-corrected chi connectivity index (χ1v) is 7.75. The number of benzene rings is 1. The van der Waals surface area contributed by atoms with Gasteiger partial charge >= 0.3 is 0 Å². The van der Waals surface area contributed by atoms with Crippen molar-refractivity contribution in [3.63, 3.8) is 0 Å². The molecule has 1 rings (SSSR count). The highest BCUT2D eigenvalue weighted by Crippen LogP contribution is 2.18. The first-order chi connectivity index (χ1) is 9.58. The van der Waals surface area contributed by atoms with Gasteiger partial charge in [0.2, 0.25) is 0 Å². The van der Waals surface area contributed by atoms with Gasteiger partial charge in [-0.3, -0.25) is 0 Å². The number of hydrogen-bond donors (Lipinski definition) is 1. The number of nitrogens with zero attached hydrogens (tertiary/aromatic N) is 1. The zero-order valence-corrected chi connectivity index (χ0v) is 13.0. The summed E-state index contributed by atoms with van der Waals surface area (Å²) in [5, 5.41) is 10.3. The molecule has 0 heterocycles. The molecule has 0 fully saturated rings. The Kier molecular flexibility index (Phi) is 7.78. The second-order valence-electron chi connectivity index (χ2n) is 5.53. The number of unbranched alkanes of at least 4 members (excludes halogenated alkanes) is 2. The molecular weight excluding hydrogens is 253 g/mol. The lowest BCUT2D eigenvalue weighted by atomic mass is 10.1. The van der Waals surface area contributed by atoms with Crippen molar-refractivity contribution >= 4 is 0 Å². The first-order valence-electron chi connectivity index (χ1n) is 7.75. The van der Waals surface area contributed by atoms with Crippen LogP contribution in [-0.2, 0) is 0 Å². The van der Waals surface area contributed by atoms with E-state index >= 15 is 0 Å². The maximum Gasteiger partial charge on any atom is 0.126 e. The standard InChI is InChI=1S/C17H28FNO/c1-4-6-10-19(11-7-5-2)13-17(20)15-8-9-16(18)14(3)12-15/h8-9,12,17,20H,4-7,10-11,13H2,1-3H3. The van der Waals surface area contributed by atoms with E-state index < -0.39 is 6.10 Å². The summed E-state index contributed by atoms with van der Waals surface area (Å²) < 4.78 is 13.3. The third-order valence-corrected chi connectivity index (χ3v) is 3.65. The zero-order valence-electron chi connectivity index (χ0n) is 13.0. The van der Waals surface area contributed by atoms with E-state index in [0.717, 1.165) is 44.3 Å². The summed E-state index contributed by atoms with van der Waals surface area (Å²) in [6.07, 6.45) is 4.09. The highest BCUT2D eigenvalue weighted by atomic mass is 19.1. The van der Waals surface area contributed by atoms with Gasteiger partial charge in [0.1, 0.15) is 5.82 Å². The summed E-state index contributed by atoms with van der Waals surface area (Å²) in [5.74, 6) is -0.213. The Morgan fingerprint density at radius 1 is 1.15 bits per heavy atom. The number of aliphatic hydroxyl groups is 1. The van der Waals surface area contributed by atoms with Crippen molar-refractivity contribution < 1.29 is 9.50 Å². The van der Waals surface area contributed by atoms with Crippen LogP contribution in [0.3, 0.4) is 0 Å². The van der Waals surface area contributed by atoms with E-state index in [1.807, 2.05) is 0 Å². The molecule has 1 aromatic rings. The van der Waals surface area contributed by atoms with E-state index in [9.17, 15) is 9.50 Å². The normalized spacial score (nSPS) is 12.9. The van der Waals surface area contributed by atoms with Gasteiger partial charge in [-0.2, -0.15) is 0 Å². The van der Waals surface area contributed by atoms with E-state index in [-0.39, 0.29) is 5.82 Å². The van der Waals surface area contributed by atoms with Crippen LogP contribution in [0.4, 0.5) is 4.39 Å². The molecule has 0 saturated heterocycles. The van der Waals surface area contributed by atoms with Crippen LogP contribution < -0.4 is 0 Å². The van der Waals surface area contributed by atoms with Crippen molar-refractivity contribution in [1.29, 1.82) is 0 Å². The van der Waals surface area contributed by atoms with Crippen LogP contribution in [0.15, 0.2) is 18.2 Å². The molecule has 0 aliphatic heterocycles. The van der Waals surface area contributed by atoms with Crippen LogP contribution in [0.1, 0.15) is 56.8 Å². The Morgan fingerprint density at radius 3 is 2.25 bits per heavy atom. The molecule has 0 amide bonds. The Labute approximate surface area is 122 Å². The molecule has 1 aromatic carbocycles. The molecule has 3 heteroatoms. The Bertz CT molecular complexity index is 387. The molecule has 114 valence electrons. The van der Waals surface area contributed by atoms with Crippen LogP contribution in [0.5, 0.6) is 0 Å². The number of hydrogen-bond acceptors (Lipinski definition) is 2. The molecule has 20 heavy (non-hydrogen) atoms. The smallest absolute Gasteiger partial charge is 0.126 e. The molecule has 2 nitrogen and oxygen atoms in total. The second-order valence-corrected chi connectivity index (χ2v) is 5.53. The van der Waals surface area contributed by atoms with Crippen molar-refractivity contribution in [2.45, 2.75) is 52.6 Å². The molecule has 0 aliphatic rings. The van der Waals surface area contributed by atoms with E-state index in [2.05, 4.69) is 18.7 Å². The summed E-state index contributed by atoms with van der Waals surface area (Å²) in [4.78, 5) is 2.32. The highest BCUT2D eigenvalue weighted by Gasteiger charge is 2.14. The fraction of sp³-hybridized carbons (Fsp3) is 0.647. The van der Waals surface area contributed by atoms with Crippen molar-refractivity contribution in [3.05, 3.63) is 35.1 Å². The number of aliphatic hydroxyl groups excluding tert-OH is 1. The fourth-order valence-electron chi connectivity index (χ4n) is 2.28. The Hall–Kier alpha value is -0.930. The lowest BCUT2D eigenvalue weighted by Crippen LogP contribution is -2.30. The molecule has 0 aliphatic carbocycles. The summed E-state index contributed by atoms with van der Waals surface area (Å²) >= 11 is 0. The van der Waals surface area contributed by atoms with Gasteiger partial charge in [0, 0.05) is 6.54 Å². The molecule has 0 radical (unpaired) electrons. The monoisotopic (exact) mass is 281 g/mol. The molecule has 0 saturated carbocycles. The number of halogens is 1. The molecular formula is C17H28FNO. The lowest BCUT2D eigenvalue weighted by Gasteiger charge is -2.25. The first kappa shape index (κ1) is 17.1. The summed E-state index contributed by atoms with van der Waals surface area (Å²) in [6, 6.07) is 4.87. The van der Waals surface area contributed by atoms with Crippen LogP contribution in [0.2, 0.25) is 0 Å². The van der Waals surface area contributed by atoms with Gasteiger partial charge in [-0.15, -0.1) is 0 Å². The molecule has 1 N–H and O–H groups in total.